The lowest BCUT2D eigenvalue weighted by atomic mass is 10.0. The molecule has 2 heterocycles. The molecule has 0 aliphatic carbocycles. The van der Waals surface area contributed by atoms with Crippen LogP contribution in [0.15, 0.2) is 0 Å². The van der Waals surface area contributed by atoms with Crippen molar-refractivity contribution in [1.82, 2.24) is 15.1 Å². The monoisotopic (exact) mass is 197 g/mol. The maximum atomic E-state index is 3.80. The smallest absolute Gasteiger partial charge is 0.0209 e. The fourth-order valence-electron chi connectivity index (χ4n) is 2.58. The van der Waals surface area contributed by atoms with Crippen molar-refractivity contribution in [2.45, 2.75) is 31.3 Å². The second kappa shape index (κ2) is 4.60. The number of likely N-dealkylation sites (N-methyl/N-ethyl adjacent to an activating group) is 1. The van der Waals surface area contributed by atoms with Gasteiger partial charge in [0.2, 0.25) is 0 Å². The number of nitrogens with one attached hydrogen (secondary N) is 1. The molecule has 0 amide bonds. The van der Waals surface area contributed by atoms with Gasteiger partial charge in [0.05, 0.1) is 0 Å². The minimum absolute atomic E-state index is 0.758. The number of likely N-dealkylation sites (tertiary alicyclic amines) is 2. The summed E-state index contributed by atoms with van der Waals surface area (Å²) in [5.41, 5.74) is 0. The van der Waals surface area contributed by atoms with Crippen LogP contribution in [0.25, 0.3) is 0 Å². The van der Waals surface area contributed by atoms with Gasteiger partial charge in [0.25, 0.3) is 0 Å². The molecular weight excluding hydrogens is 174 g/mol. The Balaban J connectivity index is 1.70. The van der Waals surface area contributed by atoms with E-state index in [2.05, 4.69) is 29.2 Å². The molecule has 0 radical (unpaired) electrons. The molecule has 14 heavy (non-hydrogen) atoms. The third kappa shape index (κ3) is 2.69. The van der Waals surface area contributed by atoms with E-state index in [-0.39, 0.29) is 0 Å². The van der Waals surface area contributed by atoms with Crippen LogP contribution in [0.5, 0.6) is 0 Å². The molecule has 0 saturated carbocycles. The van der Waals surface area contributed by atoms with Gasteiger partial charge < -0.3 is 15.1 Å². The van der Waals surface area contributed by atoms with Gasteiger partial charge in [-0.2, -0.15) is 0 Å². The zero-order valence-electron chi connectivity index (χ0n) is 9.50. The third-order valence-electron chi connectivity index (χ3n) is 3.58. The first kappa shape index (κ1) is 10.4. The summed E-state index contributed by atoms with van der Waals surface area (Å²) in [6, 6.07) is 1.54. The summed E-state index contributed by atoms with van der Waals surface area (Å²) in [5, 5.41) is 3.80. The van der Waals surface area contributed by atoms with Crippen molar-refractivity contribution in [3.05, 3.63) is 0 Å². The molecule has 2 saturated heterocycles. The Morgan fingerprint density at radius 1 is 0.857 bits per heavy atom. The lowest BCUT2D eigenvalue weighted by Gasteiger charge is -2.31. The van der Waals surface area contributed by atoms with E-state index >= 15 is 0 Å². The molecule has 2 rings (SSSR count). The lowest BCUT2D eigenvalue weighted by molar-refractivity contribution is 0.224. The van der Waals surface area contributed by atoms with Crippen molar-refractivity contribution < 1.29 is 0 Å². The van der Waals surface area contributed by atoms with Crippen LogP contribution < -0.4 is 5.32 Å². The van der Waals surface area contributed by atoms with Gasteiger partial charge in [-0.3, -0.25) is 0 Å². The van der Waals surface area contributed by atoms with Crippen molar-refractivity contribution in [2.75, 3.05) is 40.3 Å². The number of nitrogens with zero attached hydrogens (tertiary/aromatic N) is 2. The molecule has 1 N–H and O–H groups in total. The second-order valence-corrected chi connectivity index (χ2v) is 4.99. The molecule has 2 fully saturated rings. The zero-order chi connectivity index (χ0) is 9.97. The summed E-state index contributed by atoms with van der Waals surface area (Å²) < 4.78 is 0. The molecule has 3 heteroatoms. The van der Waals surface area contributed by atoms with Crippen LogP contribution in [0.3, 0.4) is 0 Å². The fraction of sp³-hybridized carbons (Fsp3) is 1.00. The minimum Gasteiger partial charge on any atom is -0.310 e. The molecule has 0 bridgehead atoms. The number of rotatable bonds is 2. The molecular formula is C11H23N3. The highest BCUT2D eigenvalue weighted by molar-refractivity contribution is 4.84. The molecule has 3 nitrogen and oxygen atoms in total. The maximum absolute atomic E-state index is 3.80. The molecule has 0 aromatic heterocycles. The maximum Gasteiger partial charge on any atom is 0.0209 e. The fourth-order valence-corrected chi connectivity index (χ4v) is 2.58. The van der Waals surface area contributed by atoms with Crippen LogP contribution in [-0.4, -0.2) is 62.2 Å². The van der Waals surface area contributed by atoms with Crippen LogP contribution >= 0.6 is 0 Å². The zero-order valence-corrected chi connectivity index (χ0v) is 9.50. The number of hydrogen-bond donors (Lipinski definition) is 1. The van der Waals surface area contributed by atoms with Crippen molar-refractivity contribution in [1.29, 1.82) is 0 Å². The summed E-state index contributed by atoms with van der Waals surface area (Å²) in [5.74, 6) is 0. The van der Waals surface area contributed by atoms with Gasteiger partial charge >= 0.3 is 0 Å². The van der Waals surface area contributed by atoms with E-state index in [1.807, 2.05) is 0 Å². The van der Waals surface area contributed by atoms with Crippen LogP contribution in [-0.2, 0) is 0 Å². The molecule has 0 spiro atoms. The van der Waals surface area contributed by atoms with Crippen LogP contribution in [0.1, 0.15) is 19.3 Å². The summed E-state index contributed by atoms with van der Waals surface area (Å²) in [6.07, 6.45) is 4.00. The molecule has 2 aliphatic heterocycles. The molecule has 0 aromatic carbocycles. The predicted octanol–water partition coefficient (Wildman–Crippen LogP) is 0.374. The van der Waals surface area contributed by atoms with E-state index in [0.29, 0.717) is 0 Å². The van der Waals surface area contributed by atoms with Crippen LogP contribution in [0.2, 0.25) is 0 Å². The molecule has 82 valence electrons. The SMILES string of the molecule is CN1CCC(NC2CCN(C)C2)CC1. The van der Waals surface area contributed by atoms with E-state index in [4.69, 9.17) is 0 Å². The van der Waals surface area contributed by atoms with Gasteiger partial charge in [0, 0.05) is 18.6 Å². The van der Waals surface area contributed by atoms with Gasteiger partial charge in [0.15, 0.2) is 0 Å². The van der Waals surface area contributed by atoms with Gasteiger partial charge in [-0.1, -0.05) is 0 Å². The molecule has 0 aromatic rings. The first-order valence-corrected chi connectivity index (χ1v) is 5.87. The molecule has 1 unspecified atom stereocenters. The Labute approximate surface area is 87.4 Å². The minimum atomic E-state index is 0.758. The lowest BCUT2D eigenvalue weighted by Crippen LogP contribution is -2.45. The molecule has 2 aliphatic rings. The van der Waals surface area contributed by atoms with E-state index in [1.54, 1.807) is 0 Å². The predicted molar refractivity (Wildman–Crippen MR) is 59.6 cm³/mol. The van der Waals surface area contributed by atoms with Crippen molar-refractivity contribution in [3.8, 4) is 0 Å². The van der Waals surface area contributed by atoms with E-state index in [1.165, 1.54) is 45.4 Å². The molecule has 1 atom stereocenters. The largest absolute Gasteiger partial charge is 0.310 e. The number of hydrogen-bond acceptors (Lipinski definition) is 3. The topological polar surface area (TPSA) is 18.5 Å². The van der Waals surface area contributed by atoms with Crippen molar-refractivity contribution in [3.63, 3.8) is 0 Å². The summed E-state index contributed by atoms with van der Waals surface area (Å²) >= 11 is 0. The highest BCUT2D eigenvalue weighted by atomic mass is 15.2. The second-order valence-electron chi connectivity index (χ2n) is 4.99. The van der Waals surface area contributed by atoms with Gasteiger partial charge in [0.1, 0.15) is 0 Å². The summed E-state index contributed by atoms with van der Waals surface area (Å²) in [7, 11) is 4.44. The van der Waals surface area contributed by atoms with Gasteiger partial charge in [-0.25, -0.2) is 0 Å². The number of piperidine rings is 1. The highest BCUT2D eigenvalue weighted by Gasteiger charge is 2.23. The first-order valence-electron chi connectivity index (χ1n) is 5.87. The average Bonchev–Trinajstić information content (AvgIpc) is 2.56. The normalized spacial score (nSPS) is 32.6. The van der Waals surface area contributed by atoms with Gasteiger partial charge in [-0.15, -0.1) is 0 Å². The van der Waals surface area contributed by atoms with Crippen molar-refractivity contribution >= 4 is 0 Å². The first-order chi connectivity index (χ1) is 6.74. The highest BCUT2D eigenvalue weighted by Crippen LogP contribution is 2.13. The Kier molecular flexibility index (Phi) is 3.42. The summed E-state index contributed by atoms with van der Waals surface area (Å²) in [6.45, 7) is 5.04. The van der Waals surface area contributed by atoms with Crippen LogP contribution in [0.4, 0.5) is 0 Å². The van der Waals surface area contributed by atoms with E-state index in [9.17, 15) is 0 Å². The Morgan fingerprint density at radius 3 is 2.00 bits per heavy atom. The van der Waals surface area contributed by atoms with Crippen molar-refractivity contribution in [2.24, 2.45) is 0 Å². The van der Waals surface area contributed by atoms with Crippen LogP contribution in [0, 0.1) is 0 Å². The van der Waals surface area contributed by atoms with E-state index in [0.717, 1.165) is 12.1 Å². The Morgan fingerprint density at radius 2 is 1.43 bits per heavy atom. The Bertz CT molecular complexity index is 175. The van der Waals surface area contributed by atoms with Gasteiger partial charge in [-0.05, 0) is 53.0 Å². The summed E-state index contributed by atoms with van der Waals surface area (Å²) in [4.78, 5) is 4.85. The third-order valence-corrected chi connectivity index (χ3v) is 3.58. The average molecular weight is 197 g/mol. The van der Waals surface area contributed by atoms with E-state index < -0.39 is 0 Å². The Hall–Kier alpha value is -0.120. The quantitative estimate of drug-likeness (QED) is 0.690. The standard InChI is InChI=1S/C11H23N3/c1-13-6-3-10(4-7-13)12-11-5-8-14(2)9-11/h10-12H,3-9H2,1-2H3.